The maximum atomic E-state index is 13.1. The van der Waals surface area contributed by atoms with Gasteiger partial charge in [-0.1, -0.05) is 30.3 Å². The second-order valence-electron chi connectivity index (χ2n) is 8.26. The standard InChI is InChI=1S/C22H22N6O3S/c1-13-8-17(9-14(2)24-13)18-19(16-6-4-3-5-7-16)25-21(23)28-20(18)26-27(22(28)29)10-15-11-32(30,31)12-15/h3-9,15H,10-12H2,1-2H3,(H2,23,25). The first-order valence-electron chi connectivity index (χ1n) is 10.2. The molecular formula is C22H22N6O3S. The zero-order valence-corrected chi connectivity index (χ0v) is 18.5. The molecule has 0 spiro atoms. The van der Waals surface area contributed by atoms with Crippen LogP contribution in [0.1, 0.15) is 11.4 Å². The summed E-state index contributed by atoms with van der Waals surface area (Å²) < 4.78 is 25.7. The van der Waals surface area contributed by atoms with Crippen LogP contribution in [0.3, 0.4) is 0 Å². The molecule has 3 aromatic heterocycles. The molecule has 0 radical (unpaired) electrons. The summed E-state index contributed by atoms with van der Waals surface area (Å²) in [5.41, 5.74) is 10.8. The Morgan fingerprint density at radius 1 is 1.03 bits per heavy atom. The average Bonchev–Trinajstić information content (AvgIpc) is 3.03. The van der Waals surface area contributed by atoms with Gasteiger partial charge >= 0.3 is 5.69 Å². The summed E-state index contributed by atoms with van der Waals surface area (Å²) in [5, 5.41) is 4.60. The molecule has 1 aliphatic heterocycles. The lowest BCUT2D eigenvalue weighted by Gasteiger charge is -2.24. The predicted octanol–water partition coefficient (Wildman–Crippen LogP) is 1.86. The molecule has 1 saturated heterocycles. The van der Waals surface area contributed by atoms with Gasteiger partial charge < -0.3 is 5.73 Å². The average molecular weight is 451 g/mol. The van der Waals surface area contributed by atoms with Crippen molar-refractivity contribution in [2.75, 3.05) is 17.2 Å². The molecule has 1 fully saturated rings. The largest absolute Gasteiger partial charge is 0.369 e. The van der Waals surface area contributed by atoms with Crippen molar-refractivity contribution < 1.29 is 8.42 Å². The SMILES string of the molecule is Cc1cc(-c2c(-c3ccccc3)nc(N)n3c(=O)n(CC4CS(=O)(=O)C4)nc23)cc(C)n1. The first-order chi connectivity index (χ1) is 15.2. The van der Waals surface area contributed by atoms with E-state index in [1.54, 1.807) is 0 Å². The van der Waals surface area contributed by atoms with Crippen LogP contribution in [0.2, 0.25) is 0 Å². The van der Waals surface area contributed by atoms with E-state index in [-0.39, 0.29) is 29.9 Å². The molecule has 1 aromatic carbocycles. The summed E-state index contributed by atoms with van der Waals surface area (Å²) in [5.74, 6) is 0.0134. The van der Waals surface area contributed by atoms with E-state index >= 15 is 0 Å². The number of pyridine rings is 1. The number of aromatic nitrogens is 5. The Kier molecular flexibility index (Phi) is 4.63. The lowest BCUT2D eigenvalue weighted by molar-refractivity contribution is 0.435. The molecule has 5 rings (SSSR count). The van der Waals surface area contributed by atoms with Gasteiger partial charge in [-0.25, -0.2) is 27.3 Å². The third-order valence-corrected chi connectivity index (χ3v) is 7.54. The van der Waals surface area contributed by atoms with Crippen molar-refractivity contribution in [3.63, 3.8) is 0 Å². The second-order valence-corrected chi connectivity index (χ2v) is 10.4. The van der Waals surface area contributed by atoms with Gasteiger partial charge in [0.15, 0.2) is 15.5 Å². The van der Waals surface area contributed by atoms with Crippen LogP contribution in [0.4, 0.5) is 5.95 Å². The number of aryl methyl sites for hydroxylation is 2. The van der Waals surface area contributed by atoms with Crippen LogP contribution in [0.15, 0.2) is 47.3 Å². The number of nitrogens with zero attached hydrogens (tertiary/aromatic N) is 5. The van der Waals surface area contributed by atoms with Gasteiger partial charge in [0, 0.05) is 22.9 Å². The Hall–Kier alpha value is -3.53. The number of nitrogen functional groups attached to an aromatic ring is 1. The summed E-state index contributed by atoms with van der Waals surface area (Å²) in [6.45, 7) is 4.03. The lowest BCUT2D eigenvalue weighted by Crippen LogP contribution is -2.41. The number of hydrogen-bond acceptors (Lipinski definition) is 7. The van der Waals surface area contributed by atoms with Crippen LogP contribution in [0, 0.1) is 19.8 Å². The molecule has 164 valence electrons. The van der Waals surface area contributed by atoms with Gasteiger partial charge in [0.1, 0.15) is 0 Å². The molecule has 4 aromatic rings. The van der Waals surface area contributed by atoms with Gasteiger partial charge in [-0.15, -0.1) is 5.10 Å². The van der Waals surface area contributed by atoms with Crippen molar-refractivity contribution in [2.45, 2.75) is 20.4 Å². The van der Waals surface area contributed by atoms with Crippen LogP contribution in [0.25, 0.3) is 28.0 Å². The van der Waals surface area contributed by atoms with Gasteiger partial charge in [-0.05, 0) is 31.5 Å². The van der Waals surface area contributed by atoms with E-state index in [0.29, 0.717) is 16.9 Å². The lowest BCUT2D eigenvalue weighted by atomic mass is 9.99. The first kappa shape index (κ1) is 20.4. The number of anilines is 1. The van der Waals surface area contributed by atoms with Gasteiger partial charge in [0.05, 0.1) is 29.3 Å². The molecule has 0 unspecified atom stereocenters. The highest BCUT2D eigenvalue weighted by molar-refractivity contribution is 7.92. The molecule has 32 heavy (non-hydrogen) atoms. The van der Waals surface area contributed by atoms with Gasteiger partial charge in [-0.3, -0.25) is 4.98 Å². The third-order valence-electron chi connectivity index (χ3n) is 5.58. The number of sulfone groups is 1. The Bertz CT molecular complexity index is 1490. The van der Waals surface area contributed by atoms with Gasteiger partial charge in [0.25, 0.3) is 0 Å². The smallest absolute Gasteiger partial charge is 0.353 e. The summed E-state index contributed by atoms with van der Waals surface area (Å²) in [6.07, 6.45) is 0. The maximum absolute atomic E-state index is 13.1. The third kappa shape index (κ3) is 3.46. The van der Waals surface area contributed by atoms with Crippen LogP contribution >= 0.6 is 0 Å². The van der Waals surface area contributed by atoms with Crippen molar-refractivity contribution >= 4 is 21.4 Å². The minimum atomic E-state index is -3.00. The van der Waals surface area contributed by atoms with E-state index in [9.17, 15) is 13.2 Å². The Balaban J connectivity index is 1.78. The first-order valence-corrected chi connectivity index (χ1v) is 12.0. The monoisotopic (exact) mass is 450 g/mol. The van der Waals surface area contributed by atoms with E-state index in [1.165, 1.54) is 9.08 Å². The molecule has 4 heterocycles. The number of nitrogens with two attached hydrogens (primary N) is 1. The van der Waals surface area contributed by atoms with Crippen molar-refractivity contribution in [1.29, 1.82) is 0 Å². The molecule has 9 nitrogen and oxygen atoms in total. The molecule has 2 N–H and O–H groups in total. The summed E-state index contributed by atoms with van der Waals surface area (Å²) in [7, 11) is -3.00. The van der Waals surface area contributed by atoms with Crippen molar-refractivity contribution in [3.8, 4) is 22.4 Å². The number of benzene rings is 1. The number of hydrogen-bond donors (Lipinski definition) is 1. The van der Waals surface area contributed by atoms with E-state index in [2.05, 4.69) is 15.1 Å². The maximum Gasteiger partial charge on any atom is 0.353 e. The minimum absolute atomic E-state index is 0.0302. The van der Waals surface area contributed by atoms with Crippen LogP contribution in [-0.2, 0) is 16.4 Å². The molecule has 0 atom stereocenters. The summed E-state index contributed by atoms with van der Waals surface area (Å²) >= 11 is 0. The second kappa shape index (κ2) is 7.27. The molecule has 0 aliphatic carbocycles. The molecule has 0 bridgehead atoms. The van der Waals surface area contributed by atoms with Gasteiger partial charge in [-0.2, -0.15) is 0 Å². The fourth-order valence-corrected chi connectivity index (χ4v) is 5.84. The topological polar surface area (TPSA) is 125 Å². The van der Waals surface area contributed by atoms with Crippen LogP contribution in [0.5, 0.6) is 0 Å². The molecule has 10 heteroatoms. The highest BCUT2D eigenvalue weighted by Gasteiger charge is 2.34. The quantitative estimate of drug-likeness (QED) is 0.503. The van der Waals surface area contributed by atoms with Crippen LogP contribution < -0.4 is 11.4 Å². The summed E-state index contributed by atoms with van der Waals surface area (Å²) in [6, 6.07) is 13.4. The summed E-state index contributed by atoms with van der Waals surface area (Å²) in [4.78, 5) is 22.2. The Labute approximate surface area is 184 Å². The predicted molar refractivity (Wildman–Crippen MR) is 122 cm³/mol. The Morgan fingerprint density at radius 2 is 1.69 bits per heavy atom. The molecule has 1 aliphatic rings. The highest BCUT2D eigenvalue weighted by Crippen LogP contribution is 2.35. The normalized spacial score (nSPS) is 15.7. The van der Waals surface area contributed by atoms with E-state index in [4.69, 9.17) is 5.73 Å². The highest BCUT2D eigenvalue weighted by atomic mass is 32.2. The fourth-order valence-electron chi connectivity index (χ4n) is 4.29. The number of fused-ring (bicyclic) bond motifs is 1. The van der Waals surface area contributed by atoms with Crippen LogP contribution in [-0.4, -0.2) is 44.1 Å². The fraction of sp³-hybridized carbons (Fsp3) is 0.273. The zero-order valence-electron chi connectivity index (χ0n) is 17.7. The van der Waals surface area contributed by atoms with Crippen molar-refractivity contribution in [3.05, 3.63) is 64.3 Å². The molecule has 0 amide bonds. The molecular weight excluding hydrogens is 428 g/mol. The van der Waals surface area contributed by atoms with E-state index < -0.39 is 15.5 Å². The molecule has 0 saturated carbocycles. The van der Waals surface area contributed by atoms with Crippen molar-refractivity contribution in [2.24, 2.45) is 5.92 Å². The minimum Gasteiger partial charge on any atom is -0.369 e. The zero-order chi connectivity index (χ0) is 22.6. The van der Waals surface area contributed by atoms with Gasteiger partial charge in [0.2, 0.25) is 5.95 Å². The van der Waals surface area contributed by atoms with Crippen molar-refractivity contribution in [1.82, 2.24) is 24.1 Å². The van der Waals surface area contributed by atoms with E-state index in [0.717, 1.165) is 22.5 Å². The Morgan fingerprint density at radius 3 is 2.31 bits per heavy atom. The van der Waals surface area contributed by atoms with E-state index in [1.807, 2.05) is 56.3 Å². The number of rotatable bonds is 4.